The van der Waals surface area contributed by atoms with E-state index in [2.05, 4.69) is 22.9 Å². The normalized spacial score (nSPS) is 27.1. The minimum absolute atomic E-state index is 0.146. The maximum atomic E-state index is 5.65. The van der Waals surface area contributed by atoms with Crippen LogP contribution >= 0.6 is 0 Å². The second-order valence-electron chi connectivity index (χ2n) is 4.39. The van der Waals surface area contributed by atoms with Gasteiger partial charge >= 0.3 is 0 Å². The van der Waals surface area contributed by atoms with Gasteiger partial charge in [0.05, 0.1) is 0 Å². The lowest BCUT2D eigenvalue weighted by molar-refractivity contribution is 0.161. The lowest BCUT2D eigenvalue weighted by atomic mass is 9.90. The largest absolute Gasteiger partial charge is 0.329 e. The fourth-order valence-electron chi connectivity index (χ4n) is 2.54. The Kier molecular flexibility index (Phi) is 3.03. The fourth-order valence-corrected chi connectivity index (χ4v) is 2.54. The zero-order valence-electron chi connectivity index (χ0n) is 9.32. The van der Waals surface area contributed by atoms with E-state index in [0.717, 1.165) is 19.6 Å². The van der Waals surface area contributed by atoms with E-state index in [1.165, 1.54) is 18.4 Å². The summed E-state index contributed by atoms with van der Waals surface area (Å²) in [5, 5.41) is 0. The summed E-state index contributed by atoms with van der Waals surface area (Å²) in [7, 11) is 0. The second kappa shape index (κ2) is 4.29. The van der Waals surface area contributed by atoms with Gasteiger partial charge in [0.25, 0.3) is 0 Å². The van der Waals surface area contributed by atoms with Gasteiger partial charge in [-0.1, -0.05) is 6.07 Å². The molecule has 1 aliphatic heterocycles. The van der Waals surface area contributed by atoms with Gasteiger partial charge in [0.15, 0.2) is 0 Å². The molecule has 0 bridgehead atoms. The van der Waals surface area contributed by atoms with Crippen LogP contribution in [0.1, 0.15) is 25.3 Å². The molecule has 1 atom stereocenters. The Labute approximate surface area is 91.3 Å². The van der Waals surface area contributed by atoms with Crippen LogP contribution in [-0.2, 0) is 5.54 Å². The Morgan fingerprint density at radius 3 is 3.13 bits per heavy atom. The summed E-state index contributed by atoms with van der Waals surface area (Å²) in [6, 6.07) is 4.18. The number of hydrogen-bond acceptors (Lipinski definition) is 3. The van der Waals surface area contributed by atoms with Crippen molar-refractivity contribution >= 4 is 0 Å². The summed E-state index contributed by atoms with van der Waals surface area (Å²) in [6.07, 6.45) is 6.27. The van der Waals surface area contributed by atoms with E-state index in [4.69, 9.17) is 5.73 Å². The summed E-state index contributed by atoms with van der Waals surface area (Å²) in [4.78, 5) is 6.69. The number of nitrogens with two attached hydrogens (primary N) is 1. The molecule has 82 valence electrons. The number of likely N-dealkylation sites (tertiary alicyclic amines) is 1. The second-order valence-corrected chi connectivity index (χ2v) is 4.39. The molecule has 3 heteroatoms. The monoisotopic (exact) mass is 205 g/mol. The minimum atomic E-state index is 0.146. The molecule has 0 amide bonds. The zero-order chi connectivity index (χ0) is 10.7. The fraction of sp³-hybridized carbons (Fsp3) is 0.583. The van der Waals surface area contributed by atoms with Crippen LogP contribution in [0, 0.1) is 0 Å². The van der Waals surface area contributed by atoms with Crippen molar-refractivity contribution in [2.45, 2.75) is 25.3 Å². The van der Waals surface area contributed by atoms with Gasteiger partial charge in [-0.25, -0.2) is 0 Å². The summed E-state index contributed by atoms with van der Waals surface area (Å²) in [6.45, 7) is 5.16. The number of aromatic nitrogens is 1. The summed E-state index contributed by atoms with van der Waals surface area (Å²) < 4.78 is 0. The van der Waals surface area contributed by atoms with Crippen LogP contribution in [0.5, 0.6) is 0 Å². The predicted octanol–water partition coefficient (Wildman–Crippen LogP) is 1.35. The first-order chi connectivity index (χ1) is 7.27. The first kappa shape index (κ1) is 10.6. The topological polar surface area (TPSA) is 42.2 Å². The van der Waals surface area contributed by atoms with Gasteiger partial charge in [-0.2, -0.15) is 0 Å². The molecule has 3 nitrogen and oxygen atoms in total. The average molecular weight is 205 g/mol. The van der Waals surface area contributed by atoms with Gasteiger partial charge < -0.3 is 5.73 Å². The molecule has 0 saturated carbocycles. The third-order valence-corrected chi connectivity index (χ3v) is 3.47. The SMILES string of the molecule is CC1(c2cccnc2)CCCN1CCN. The zero-order valence-corrected chi connectivity index (χ0v) is 9.32. The summed E-state index contributed by atoms with van der Waals surface area (Å²) >= 11 is 0. The Morgan fingerprint density at radius 1 is 1.60 bits per heavy atom. The highest BCUT2D eigenvalue weighted by atomic mass is 15.2. The number of rotatable bonds is 3. The molecule has 0 aromatic carbocycles. The standard InChI is InChI=1S/C12H19N3/c1-12(11-4-2-7-14-10-11)5-3-8-15(12)9-6-13/h2,4,7,10H,3,5-6,8-9,13H2,1H3. The van der Waals surface area contributed by atoms with Crippen molar-refractivity contribution in [1.29, 1.82) is 0 Å². The molecule has 0 spiro atoms. The molecule has 2 rings (SSSR count). The van der Waals surface area contributed by atoms with Crippen molar-refractivity contribution in [3.8, 4) is 0 Å². The molecule has 0 radical (unpaired) electrons. The molecular weight excluding hydrogens is 186 g/mol. The van der Waals surface area contributed by atoms with E-state index in [-0.39, 0.29) is 5.54 Å². The van der Waals surface area contributed by atoms with E-state index >= 15 is 0 Å². The quantitative estimate of drug-likeness (QED) is 0.810. The van der Waals surface area contributed by atoms with Crippen LogP contribution in [0.2, 0.25) is 0 Å². The van der Waals surface area contributed by atoms with Gasteiger partial charge in [0.2, 0.25) is 0 Å². The van der Waals surface area contributed by atoms with Gasteiger partial charge in [0, 0.05) is 31.0 Å². The highest BCUT2D eigenvalue weighted by molar-refractivity contribution is 5.21. The molecular formula is C12H19N3. The Morgan fingerprint density at radius 2 is 2.47 bits per heavy atom. The maximum absolute atomic E-state index is 5.65. The van der Waals surface area contributed by atoms with Crippen LogP contribution < -0.4 is 5.73 Å². The molecule has 1 fully saturated rings. The predicted molar refractivity (Wildman–Crippen MR) is 61.5 cm³/mol. The van der Waals surface area contributed by atoms with Crippen LogP contribution in [0.15, 0.2) is 24.5 Å². The highest BCUT2D eigenvalue weighted by Crippen LogP contribution is 2.37. The Bertz CT molecular complexity index is 312. The number of hydrogen-bond donors (Lipinski definition) is 1. The Balaban J connectivity index is 2.25. The van der Waals surface area contributed by atoms with Gasteiger partial charge in [0.1, 0.15) is 0 Å². The van der Waals surface area contributed by atoms with Crippen molar-refractivity contribution in [1.82, 2.24) is 9.88 Å². The summed E-state index contributed by atoms with van der Waals surface area (Å²) in [5.74, 6) is 0. The van der Waals surface area contributed by atoms with Crippen molar-refractivity contribution in [2.75, 3.05) is 19.6 Å². The molecule has 2 N–H and O–H groups in total. The van der Waals surface area contributed by atoms with Crippen molar-refractivity contribution in [3.63, 3.8) is 0 Å². The van der Waals surface area contributed by atoms with Crippen LogP contribution in [0.4, 0.5) is 0 Å². The number of nitrogens with zero attached hydrogens (tertiary/aromatic N) is 2. The molecule has 1 saturated heterocycles. The van der Waals surface area contributed by atoms with E-state index in [1.54, 1.807) is 0 Å². The van der Waals surface area contributed by atoms with Crippen LogP contribution in [0.3, 0.4) is 0 Å². The van der Waals surface area contributed by atoms with E-state index in [9.17, 15) is 0 Å². The Hall–Kier alpha value is -0.930. The van der Waals surface area contributed by atoms with Gasteiger partial charge in [-0.3, -0.25) is 9.88 Å². The molecule has 15 heavy (non-hydrogen) atoms. The third kappa shape index (κ3) is 1.90. The first-order valence-corrected chi connectivity index (χ1v) is 5.63. The molecule has 1 unspecified atom stereocenters. The van der Waals surface area contributed by atoms with Crippen molar-refractivity contribution < 1.29 is 0 Å². The van der Waals surface area contributed by atoms with E-state index < -0.39 is 0 Å². The average Bonchev–Trinajstić information content (AvgIpc) is 2.64. The lowest BCUT2D eigenvalue weighted by Gasteiger charge is -2.35. The molecule has 1 aliphatic rings. The van der Waals surface area contributed by atoms with Crippen molar-refractivity contribution in [3.05, 3.63) is 30.1 Å². The smallest absolute Gasteiger partial charge is 0.0448 e. The third-order valence-electron chi connectivity index (χ3n) is 3.47. The molecule has 1 aromatic rings. The van der Waals surface area contributed by atoms with Gasteiger partial charge in [-0.05, 0) is 37.9 Å². The molecule has 1 aromatic heterocycles. The van der Waals surface area contributed by atoms with Crippen molar-refractivity contribution in [2.24, 2.45) is 5.73 Å². The maximum Gasteiger partial charge on any atom is 0.0448 e. The van der Waals surface area contributed by atoms with Crippen LogP contribution in [-0.4, -0.2) is 29.5 Å². The number of pyridine rings is 1. The lowest BCUT2D eigenvalue weighted by Crippen LogP contribution is -2.41. The minimum Gasteiger partial charge on any atom is -0.329 e. The summed E-state index contributed by atoms with van der Waals surface area (Å²) in [5.41, 5.74) is 7.11. The van der Waals surface area contributed by atoms with Crippen LogP contribution in [0.25, 0.3) is 0 Å². The van der Waals surface area contributed by atoms with E-state index in [1.807, 2.05) is 18.5 Å². The molecule has 2 heterocycles. The highest BCUT2D eigenvalue weighted by Gasteiger charge is 2.37. The van der Waals surface area contributed by atoms with E-state index in [0.29, 0.717) is 0 Å². The van der Waals surface area contributed by atoms with Gasteiger partial charge in [-0.15, -0.1) is 0 Å². The molecule has 0 aliphatic carbocycles. The first-order valence-electron chi connectivity index (χ1n) is 5.63.